The van der Waals surface area contributed by atoms with E-state index in [1.807, 2.05) is 19.1 Å². The number of thioether (sulfide) groups is 1. The van der Waals surface area contributed by atoms with Crippen LogP contribution in [0, 0.1) is 11.3 Å². The number of nitriles is 1. The minimum atomic E-state index is 0.565. The molecule has 0 aliphatic heterocycles. The second-order valence-corrected chi connectivity index (χ2v) is 6.06. The van der Waals surface area contributed by atoms with Crippen molar-refractivity contribution in [3.8, 4) is 11.8 Å². The summed E-state index contributed by atoms with van der Waals surface area (Å²) >= 11 is 3.15. The summed E-state index contributed by atoms with van der Waals surface area (Å²) in [5.74, 6) is 1.51. The largest absolute Gasteiger partial charge is 0.493 e. The Hall–Kier alpha value is -1.78. The lowest BCUT2D eigenvalue weighted by Gasteiger charge is -2.04. The molecule has 0 aliphatic rings. The number of nitrogens with zero attached hydrogens (tertiary/aromatic N) is 3. The van der Waals surface area contributed by atoms with Gasteiger partial charge in [-0.25, -0.2) is 0 Å². The molecule has 1 aromatic heterocycles. The summed E-state index contributed by atoms with van der Waals surface area (Å²) in [6.07, 6.45) is 0. The molecule has 1 aromatic carbocycles. The maximum Gasteiger partial charge on any atom is 0.206 e. The first-order valence-electron chi connectivity index (χ1n) is 6.15. The minimum absolute atomic E-state index is 0.565. The van der Waals surface area contributed by atoms with Gasteiger partial charge in [0.2, 0.25) is 5.13 Å². The van der Waals surface area contributed by atoms with Gasteiger partial charge in [-0.05, 0) is 25.1 Å². The lowest BCUT2D eigenvalue weighted by Crippen LogP contribution is -2.00. The van der Waals surface area contributed by atoms with Gasteiger partial charge >= 0.3 is 0 Å². The number of hydrogen-bond acceptors (Lipinski definition) is 7. The molecule has 5 nitrogen and oxygen atoms in total. The van der Waals surface area contributed by atoms with E-state index in [4.69, 9.17) is 10.00 Å². The van der Waals surface area contributed by atoms with E-state index in [2.05, 4.69) is 21.6 Å². The molecule has 0 atom stereocenters. The second kappa shape index (κ2) is 7.72. The van der Waals surface area contributed by atoms with Gasteiger partial charge in [0.1, 0.15) is 5.75 Å². The Morgan fingerprint density at radius 2 is 2.35 bits per heavy atom. The third kappa shape index (κ3) is 4.40. The van der Waals surface area contributed by atoms with Crippen molar-refractivity contribution in [1.82, 2.24) is 10.2 Å². The number of nitrogens with one attached hydrogen (secondary N) is 1. The SMILES string of the molecule is CCNc1nnc(SCCOc2cccc(C#N)c2)s1. The van der Waals surface area contributed by atoms with Crippen LogP contribution < -0.4 is 10.1 Å². The van der Waals surface area contributed by atoms with Crippen LogP contribution in [0.1, 0.15) is 12.5 Å². The molecular formula is C13H14N4OS2. The third-order valence-electron chi connectivity index (χ3n) is 2.28. The molecule has 1 heterocycles. The van der Waals surface area contributed by atoms with E-state index in [1.54, 1.807) is 35.2 Å². The maximum absolute atomic E-state index is 8.80. The maximum atomic E-state index is 8.80. The summed E-state index contributed by atoms with van der Waals surface area (Å²) in [4.78, 5) is 0. The summed E-state index contributed by atoms with van der Waals surface area (Å²) in [7, 11) is 0. The second-order valence-electron chi connectivity index (χ2n) is 3.74. The van der Waals surface area contributed by atoms with Gasteiger partial charge in [0.05, 0.1) is 18.2 Å². The molecule has 104 valence electrons. The standard InChI is InChI=1S/C13H14N4OS2/c1-2-15-12-16-17-13(20-12)19-7-6-18-11-5-3-4-10(8-11)9-14/h3-5,8H,2,6-7H2,1H3,(H,15,16). The topological polar surface area (TPSA) is 70.8 Å². The van der Waals surface area contributed by atoms with Crippen LogP contribution in [0.15, 0.2) is 28.6 Å². The van der Waals surface area contributed by atoms with E-state index in [9.17, 15) is 0 Å². The van der Waals surface area contributed by atoms with Crippen LogP contribution in [0.4, 0.5) is 5.13 Å². The van der Waals surface area contributed by atoms with Gasteiger partial charge in [-0.3, -0.25) is 0 Å². The highest BCUT2D eigenvalue weighted by molar-refractivity contribution is 8.01. The molecule has 20 heavy (non-hydrogen) atoms. The van der Waals surface area contributed by atoms with Crippen molar-refractivity contribution in [2.24, 2.45) is 0 Å². The first-order chi connectivity index (χ1) is 9.81. The van der Waals surface area contributed by atoms with Gasteiger partial charge < -0.3 is 10.1 Å². The molecule has 2 rings (SSSR count). The van der Waals surface area contributed by atoms with Crippen LogP contribution in [0.25, 0.3) is 0 Å². The summed E-state index contributed by atoms with van der Waals surface area (Å²) in [5.41, 5.74) is 0.606. The van der Waals surface area contributed by atoms with Crippen molar-refractivity contribution < 1.29 is 4.74 Å². The molecule has 2 aromatic rings. The van der Waals surface area contributed by atoms with Gasteiger partial charge in [0.25, 0.3) is 0 Å². The number of benzene rings is 1. The Labute approximate surface area is 126 Å². The predicted molar refractivity (Wildman–Crippen MR) is 81.4 cm³/mol. The van der Waals surface area contributed by atoms with Crippen LogP contribution >= 0.6 is 23.1 Å². The molecule has 0 saturated heterocycles. The van der Waals surface area contributed by atoms with E-state index in [1.165, 1.54) is 0 Å². The molecule has 0 fully saturated rings. The van der Waals surface area contributed by atoms with E-state index in [-0.39, 0.29) is 0 Å². The fourth-order valence-corrected chi connectivity index (χ4v) is 3.14. The highest BCUT2D eigenvalue weighted by Gasteiger charge is 2.03. The van der Waals surface area contributed by atoms with Gasteiger partial charge in [0.15, 0.2) is 4.34 Å². The van der Waals surface area contributed by atoms with Crippen molar-refractivity contribution >= 4 is 28.2 Å². The zero-order valence-corrected chi connectivity index (χ0v) is 12.6. The summed E-state index contributed by atoms with van der Waals surface area (Å²) in [6.45, 7) is 3.44. The number of anilines is 1. The molecular weight excluding hydrogens is 292 g/mol. The summed E-state index contributed by atoms with van der Waals surface area (Å²) < 4.78 is 6.52. The fraction of sp³-hybridized carbons (Fsp3) is 0.308. The van der Waals surface area contributed by atoms with Gasteiger partial charge in [-0.15, -0.1) is 10.2 Å². The monoisotopic (exact) mass is 306 g/mol. The van der Waals surface area contributed by atoms with Crippen LogP contribution in [0.2, 0.25) is 0 Å². The Bertz CT molecular complexity index is 594. The van der Waals surface area contributed by atoms with Crippen LogP contribution in [0.5, 0.6) is 5.75 Å². The van der Waals surface area contributed by atoms with Gasteiger partial charge in [-0.2, -0.15) is 5.26 Å². The Morgan fingerprint density at radius 3 is 3.15 bits per heavy atom. The van der Waals surface area contributed by atoms with Crippen molar-refractivity contribution in [1.29, 1.82) is 5.26 Å². The van der Waals surface area contributed by atoms with Gasteiger partial charge in [0, 0.05) is 12.3 Å². The normalized spacial score (nSPS) is 10.0. The van der Waals surface area contributed by atoms with E-state index in [0.29, 0.717) is 12.2 Å². The van der Waals surface area contributed by atoms with Crippen LogP contribution in [-0.2, 0) is 0 Å². The first-order valence-corrected chi connectivity index (χ1v) is 7.95. The van der Waals surface area contributed by atoms with Crippen LogP contribution in [0.3, 0.4) is 0 Å². The zero-order chi connectivity index (χ0) is 14.2. The van der Waals surface area contributed by atoms with E-state index >= 15 is 0 Å². The molecule has 0 unspecified atom stereocenters. The average Bonchev–Trinajstić information content (AvgIpc) is 2.92. The Kier molecular flexibility index (Phi) is 5.65. The Morgan fingerprint density at radius 1 is 1.45 bits per heavy atom. The van der Waals surface area contributed by atoms with Gasteiger partial charge in [-0.1, -0.05) is 29.2 Å². The third-order valence-corrected chi connectivity index (χ3v) is 4.25. The fourth-order valence-electron chi connectivity index (χ4n) is 1.43. The molecule has 0 radical (unpaired) electrons. The Balaban J connectivity index is 1.74. The summed E-state index contributed by atoms with van der Waals surface area (Å²) in [5, 5.41) is 20.9. The molecule has 1 N–H and O–H groups in total. The van der Waals surface area contributed by atoms with E-state index in [0.717, 1.165) is 27.5 Å². The lowest BCUT2D eigenvalue weighted by molar-refractivity contribution is 0.344. The zero-order valence-electron chi connectivity index (χ0n) is 11.0. The van der Waals surface area contributed by atoms with Crippen molar-refractivity contribution in [2.75, 3.05) is 24.2 Å². The smallest absolute Gasteiger partial charge is 0.206 e. The lowest BCUT2D eigenvalue weighted by atomic mass is 10.2. The van der Waals surface area contributed by atoms with Crippen molar-refractivity contribution in [2.45, 2.75) is 11.3 Å². The summed E-state index contributed by atoms with van der Waals surface area (Å²) in [6, 6.07) is 9.24. The minimum Gasteiger partial charge on any atom is -0.493 e. The molecule has 0 spiro atoms. The van der Waals surface area contributed by atoms with Crippen LogP contribution in [-0.4, -0.2) is 29.1 Å². The first kappa shape index (κ1) is 14.6. The quantitative estimate of drug-likeness (QED) is 0.626. The van der Waals surface area contributed by atoms with Crippen molar-refractivity contribution in [3.63, 3.8) is 0 Å². The molecule has 0 bridgehead atoms. The number of aromatic nitrogens is 2. The predicted octanol–water partition coefficient (Wildman–Crippen LogP) is 3.01. The van der Waals surface area contributed by atoms with E-state index < -0.39 is 0 Å². The molecule has 7 heteroatoms. The average molecular weight is 306 g/mol. The van der Waals surface area contributed by atoms with Crippen molar-refractivity contribution in [3.05, 3.63) is 29.8 Å². The molecule has 0 aliphatic carbocycles. The number of hydrogen-bond donors (Lipinski definition) is 1. The number of rotatable bonds is 7. The highest BCUT2D eigenvalue weighted by Crippen LogP contribution is 2.25. The highest BCUT2D eigenvalue weighted by atomic mass is 32.2. The molecule has 0 saturated carbocycles. The molecule has 0 amide bonds. The number of ether oxygens (including phenoxy) is 1.